The molecule has 0 aliphatic rings. The van der Waals surface area contributed by atoms with E-state index in [1.165, 1.54) is 0 Å². The van der Waals surface area contributed by atoms with Crippen molar-refractivity contribution in [2.45, 2.75) is 0 Å². The molecule has 0 unspecified atom stereocenters. The van der Waals surface area contributed by atoms with Crippen molar-refractivity contribution < 1.29 is 9.47 Å². The van der Waals surface area contributed by atoms with E-state index >= 15 is 0 Å². The quantitative estimate of drug-likeness (QED) is 0.794. The van der Waals surface area contributed by atoms with Crippen LogP contribution >= 0.6 is 0 Å². The average molecular weight is 278 g/mol. The van der Waals surface area contributed by atoms with E-state index in [4.69, 9.17) is 9.47 Å². The molecule has 0 bridgehead atoms. The van der Waals surface area contributed by atoms with Gasteiger partial charge in [0.05, 0.1) is 31.0 Å². The molecule has 1 aromatic heterocycles. The van der Waals surface area contributed by atoms with Crippen molar-refractivity contribution >= 4 is 10.9 Å². The van der Waals surface area contributed by atoms with Crippen LogP contribution in [0.4, 0.5) is 0 Å². The first-order valence-corrected chi connectivity index (χ1v) is 6.51. The fourth-order valence-corrected chi connectivity index (χ4v) is 2.41. The first-order chi connectivity index (χ1) is 10.3. The van der Waals surface area contributed by atoms with Crippen LogP contribution in [0.15, 0.2) is 42.5 Å². The van der Waals surface area contributed by atoms with Gasteiger partial charge < -0.3 is 14.5 Å². The predicted octanol–water partition coefficient (Wildman–Crippen LogP) is 3.72. The largest absolute Gasteiger partial charge is 0.497 e. The summed E-state index contributed by atoms with van der Waals surface area (Å²) in [5.41, 5.74) is 3.21. The summed E-state index contributed by atoms with van der Waals surface area (Å²) >= 11 is 0. The van der Waals surface area contributed by atoms with Gasteiger partial charge in [-0.15, -0.1) is 0 Å². The topological polar surface area (TPSA) is 58.0 Å². The maximum absolute atomic E-state index is 9.49. The van der Waals surface area contributed by atoms with Crippen molar-refractivity contribution in [3.8, 4) is 28.8 Å². The summed E-state index contributed by atoms with van der Waals surface area (Å²) < 4.78 is 10.5. The molecule has 0 spiro atoms. The fraction of sp³-hybridized carbons (Fsp3) is 0.118. The zero-order chi connectivity index (χ0) is 14.8. The van der Waals surface area contributed by atoms with Gasteiger partial charge in [-0.2, -0.15) is 5.26 Å². The number of H-pyrrole nitrogens is 1. The van der Waals surface area contributed by atoms with Gasteiger partial charge >= 0.3 is 0 Å². The number of aromatic amines is 1. The number of fused-ring (bicyclic) bond motifs is 1. The van der Waals surface area contributed by atoms with Crippen LogP contribution in [0, 0.1) is 11.3 Å². The molecule has 0 saturated carbocycles. The fourth-order valence-electron chi connectivity index (χ4n) is 2.41. The molecule has 2 aromatic carbocycles. The van der Waals surface area contributed by atoms with E-state index in [-0.39, 0.29) is 0 Å². The molecular weight excluding hydrogens is 264 g/mol. The van der Waals surface area contributed by atoms with E-state index in [1.54, 1.807) is 14.2 Å². The first-order valence-electron chi connectivity index (χ1n) is 6.51. The number of methoxy groups -OCH3 is 2. The van der Waals surface area contributed by atoms with Crippen molar-refractivity contribution in [1.82, 2.24) is 4.98 Å². The van der Waals surface area contributed by atoms with E-state index in [0.717, 1.165) is 33.7 Å². The zero-order valence-electron chi connectivity index (χ0n) is 11.8. The number of rotatable bonds is 3. The minimum Gasteiger partial charge on any atom is -0.497 e. The third kappa shape index (κ3) is 2.19. The third-order valence-electron chi connectivity index (χ3n) is 3.48. The smallest absolute Gasteiger partial charge is 0.120 e. The number of nitrogens with one attached hydrogen (secondary N) is 1. The molecular formula is C17H14N2O2. The van der Waals surface area contributed by atoms with Gasteiger partial charge in [0.25, 0.3) is 0 Å². The Labute approximate surface area is 122 Å². The SMILES string of the molecule is COc1cccc(-c2[nH]c3cc(OC)ccc3c2C#N)c1. The van der Waals surface area contributed by atoms with Crippen LogP contribution in [0.1, 0.15) is 5.56 Å². The Morgan fingerprint density at radius 3 is 2.48 bits per heavy atom. The Kier molecular flexibility index (Phi) is 3.25. The number of hydrogen-bond acceptors (Lipinski definition) is 3. The second-order valence-corrected chi connectivity index (χ2v) is 4.63. The summed E-state index contributed by atoms with van der Waals surface area (Å²) in [6.07, 6.45) is 0. The summed E-state index contributed by atoms with van der Waals surface area (Å²) in [5, 5.41) is 10.4. The van der Waals surface area contributed by atoms with E-state index in [2.05, 4.69) is 11.1 Å². The van der Waals surface area contributed by atoms with Crippen LogP contribution in [0.2, 0.25) is 0 Å². The number of hydrogen-bond donors (Lipinski definition) is 1. The molecule has 0 fully saturated rings. The summed E-state index contributed by atoms with van der Waals surface area (Å²) in [5.74, 6) is 1.51. The Bertz CT molecular complexity index is 844. The molecule has 3 aromatic rings. The number of ether oxygens (including phenoxy) is 2. The van der Waals surface area contributed by atoms with E-state index in [9.17, 15) is 5.26 Å². The monoisotopic (exact) mass is 278 g/mol. The van der Waals surface area contributed by atoms with Crippen molar-refractivity contribution in [2.24, 2.45) is 0 Å². The average Bonchev–Trinajstić information content (AvgIpc) is 2.92. The van der Waals surface area contributed by atoms with Crippen LogP contribution in [-0.4, -0.2) is 19.2 Å². The maximum Gasteiger partial charge on any atom is 0.120 e. The molecule has 0 atom stereocenters. The second-order valence-electron chi connectivity index (χ2n) is 4.63. The highest BCUT2D eigenvalue weighted by Gasteiger charge is 2.14. The molecule has 0 saturated heterocycles. The summed E-state index contributed by atoms with van der Waals surface area (Å²) in [4.78, 5) is 3.30. The minimum atomic E-state index is 0.626. The number of aromatic nitrogens is 1. The number of benzene rings is 2. The second kappa shape index (κ2) is 5.22. The van der Waals surface area contributed by atoms with Crippen molar-refractivity contribution in [3.05, 3.63) is 48.0 Å². The van der Waals surface area contributed by atoms with Crippen LogP contribution in [0.25, 0.3) is 22.2 Å². The Morgan fingerprint density at radius 2 is 1.76 bits per heavy atom. The highest BCUT2D eigenvalue weighted by Crippen LogP contribution is 2.32. The first kappa shape index (κ1) is 13.1. The van der Waals surface area contributed by atoms with Crippen LogP contribution < -0.4 is 9.47 Å². The molecule has 4 nitrogen and oxygen atoms in total. The van der Waals surface area contributed by atoms with Gasteiger partial charge in [-0.05, 0) is 24.3 Å². The molecule has 104 valence electrons. The standard InChI is InChI=1S/C17H14N2O2/c1-20-12-5-3-4-11(8-12)17-15(10-18)14-7-6-13(21-2)9-16(14)19-17/h3-9,19H,1-2H3. The normalized spacial score (nSPS) is 10.3. The molecule has 0 radical (unpaired) electrons. The molecule has 0 aliphatic heterocycles. The molecule has 1 heterocycles. The molecule has 4 heteroatoms. The lowest BCUT2D eigenvalue weighted by Gasteiger charge is -2.03. The van der Waals surface area contributed by atoms with E-state index in [0.29, 0.717) is 5.56 Å². The van der Waals surface area contributed by atoms with Gasteiger partial charge in [-0.1, -0.05) is 12.1 Å². The Hall–Kier alpha value is -2.93. The third-order valence-corrected chi connectivity index (χ3v) is 3.48. The molecule has 1 N–H and O–H groups in total. The Morgan fingerprint density at radius 1 is 1.00 bits per heavy atom. The highest BCUT2D eigenvalue weighted by atomic mass is 16.5. The molecule has 21 heavy (non-hydrogen) atoms. The van der Waals surface area contributed by atoms with Gasteiger partial charge in [0, 0.05) is 17.0 Å². The van der Waals surface area contributed by atoms with Crippen molar-refractivity contribution in [3.63, 3.8) is 0 Å². The zero-order valence-corrected chi connectivity index (χ0v) is 11.8. The van der Waals surface area contributed by atoms with Gasteiger partial charge in [0.2, 0.25) is 0 Å². The minimum absolute atomic E-state index is 0.626. The van der Waals surface area contributed by atoms with Gasteiger partial charge in [-0.3, -0.25) is 0 Å². The van der Waals surface area contributed by atoms with Crippen LogP contribution in [0.3, 0.4) is 0 Å². The Balaban J connectivity index is 2.24. The lowest BCUT2D eigenvalue weighted by Crippen LogP contribution is -1.85. The molecule has 0 amide bonds. The lowest BCUT2D eigenvalue weighted by atomic mass is 10.1. The van der Waals surface area contributed by atoms with Crippen LogP contribution in [-0.2, 0) is 0 Å². The predicted molar refractivity (Wildman–Crippen MR) is 81.6 cm³/mol. The van der Waals surface area contributed by atoms with E-state index in [1.807, 2.05) is 42.5 Å². The molecule has 3 rings (SSSR count). The van der Waals surface area contributed by atoms with Gasteiger partial charge in [0.1, 0.15) is 17.6 Å². The number of nitrogens with zero attached hydrogens (tertiary/aromatic N) is 1. The summed E-state index contributed by atoms with van der Waals surface area (Å²) in [6, 6.07) is 15.6. The highest BCUT2D eigenvalue weighted by molar-refractivity contribution is 5.94. The summed E-state index contributed by atoms with van der Waals surface area (Å²) in [7, 11) is 3.25. The van der Waals surface area contributed by atoms with Gasteiger partial charge in [-0.25, -0.2) is 0 Å². The lowest BCUT2D eigenvalue weighted by molar-refractivity contribution is 0.415. The van der Waals surface area contributed by atoms with Crippen molar-refractivity contribution in [1.29, 1.82) is 5.26 Å². The van der Waals surface area contributed by atoms with Crippen molar-refractivity contribution in [2.75, 3.05) is 14.2 Å². The van der Waals surface area contributed by atoms with E-state index < -0.39 is 0 Å². The van der Waals surface area contributed by atoms with Gasteiger partial charge in [0.15, 0.2) is 0 Å². The van der Waals surface area contributed by atoms with Crippen LogP contribution in [0.5, 0.6) is 11.5 Å². The number of nitriles is 1. The molecule has 0 aliphatic carbocycles. The summed E-state index contributed by atoms with van der Waals surface area (Å²) in [6.45, 7) is 0. The maximum atomic E-state index is 9.49.